The van der Waals surface area contributed by atoms with E-state index >= 15 is 0 Å². The Balaban J connectivity index is 1.14. The Hall–Kier alpha value is -7.40. The van der Waals surface area contributed by atoms with Gasteiger partial charge in [-0.05, 0) is 76.3 Å². The molecule has 12 rings (SSSR count). The molecule has 0 atom stereocenters. The van der Waals surface area contributed by atoms with E-state index in [4.69, 9.17) is 8.83 Å². The van der Waals surface area contributed by atoms with Gasteiger partial charge in [0.25, 0.3) is 0 Å². The molecule has 3 aromatic heterocycles. The number of thiophene rings is 1. The number of benzene rings is 9. The molecule has 0 N–H and O–H groups in total. The molecule has 0 aliphatic rings. The summed E-state index contributed by atoms with van der Waals surface area (Å²) in [5.41, 5.74) is 13.7. The van der Waals surface area contributed by atoms with Gasteiger partial charge in [-0.1, -0.05) is 146 Å². The Labute approximate surface area is 338 Å². The van der Waals surface area contributed by atoms with Gasteiger partial charge in [0.05, 0.1) is 5.69 Å². The second-order valence-corrected chi connectivity index (χ2v) is 15.9. The summed E-state index contributed by atoms with van der Waals surface area (Å²) in [5, 5.41) is 6.82. The van der Waals surface area contributed by atoms with Crippen LogP contribution in [-0.4, -0.2) is 0 Å². The quantitative estimate of drug-likeness (QED) is 0.169. The highest BCUT2D eigenvalue weighted by Crippen LogP contribution is 2.50. The third-order valence-corrected chi connectivity index (χ3v) is 12.7. The maximum atomic E-state index is 6.67. The average molecular weight is 760 g/mol. The van der Waals surface area contributed by atoms with Gasteiger partial charge in [0.2, 0.25) is 0 Å². The lowest BCUT2D eigenvalue weighted by Gasteiger charge is -2.27. The Bertz CT molecular complexity index is 3510. The topological polar surface area (TPSA) is 29.5 Å². The van der Waals surface area contributed by atoms with E-state index < -0.39 is 0 Å². The van der Waals surface area contributed by atoms with Crippen molar-refractivity contribution in [2.45, 2.75) is 0 Å². The summed E-state index contributed by atoms with van der Waals surface area (Å²) >= 11 is 1.86. The van der Waals surface area contributed by atoms with Gasteiger partial charge in [-0.25, -0.2) is 0 Å². The number of hydrogen-bond acceptors (Lipinski definition) is 4. The van der Waals surface area contributed by atoms with E-state index in [2.05, 4.69) is 187 Å². The number of para-hydroxylation sites is 2. The Kier molecular flexibility index (Phi) is 7.40. The molecule has 0 radical (unpaired) electrons. The minimum absolute atomic E-state index is 0.853. The van der Waals surface area contributed by atoms with Crippen molar-refractivity contribution < 1.29 is 8.83 Å². The SMILES string of the molecule is c1ccc(-c2ccc3c(c2)sc2c(-c4ccccc4)ccc(N(c4ccc5c(c4)oc4ccccc45)c4ccc5oc6c(-c7ccccc7)cccc6c5c4)c23)cc1. The summed E-state index contributed by atoms with van der Waals surface area (Å²) < 4.78 is 15.7. The van der Waals surface area contributed by atoms with Crippen LogP contribution in [-0.2, 0) is 0 Å². The molecule has 0 aliphatic heterocycles. The van der Waals surface area contributed by atoms with Crippen LogP contribution in [0.5, 0.6) is 0 Å². The molecule has 12 aromatic rings. The number of nitrogens with zero attached hydrogens (tertiary/aromatic N) is 1. The molecule has 3 nitrogen and oxygen atoms in total. The maximum absolute atomic E-state index is 6.67. The van der Waals surface area contributed by atoms with Crippen LogP contribution in [0.3, 0.4) is 0 Å². The van der Waals surface area contributed by atoms with Crippen molar-refractivity contribution in [1.29, 1.82) is 0 Å². The molecular formula is C54H33NO2S. The van der Waals surface area contributed by atoms with Gasteiger partial charge < -0.3 is 13.7 Å². The zero-order valence-corrected chi connectivity index (χ0v) is 32.0. The highest BCUT2D eigenvalue weighted by atomic mass is 32.1. The van der Waals surface area contributed by atoms with Gasteiger partial charge in [-0.2, -0.15) is 0 Å². The lowest BCUT2D eigenvalue weighted by atomic mass is 9.98. The number of rotatable bonds is 6. The normalized spacial score (nSPS) is 11.8. The first kappa shape index (κ1) is 32.8. The summed E-state index contributed by atoms with van der Waals surface area (Å²) in [5.74, 6) is 0. The first-order valence-electron chi connectivity index (χ1n) is 19.6. The van der Waals surface area contributed by atoms with Gasteiger partial charge in [0.15, 0.2) is 0 Å². The molecule has 0 spiro atoms. The van der Waals surface area contributed by atoms with Crippen LogP contribution in [0, 0.1) is 0 Å². The van der Waals surface area contributed by atoms with Crippen LogP contribution in [0.2, 0.25) is 0 Å². The maximum Gasteiger partial charge on any atom is 0.143 e. The van der Waals surface area contributed by atoms with Crippen molar-refractivity contribution in [3.63, 3.8) is 0 Å². The second-order valence-electron chi connectivity index (χ2n) is 14.8. The molecule has 0 aliphatic carbocycles. The van der Waals surface area contributed by atoms with Gasteiger partial charge >= 0.3 is 0 Å². The first-order valence-corrected chi connectivity index (χ1v) is 20.4. The monoisotopic (exact) mass is 759 g/mol. The molecule has 272 valence electrons. The van der Waals surface area contributed by atoms with Crippen molar-refractivity contribution in [3.8, 4) is 33.4 Å². The number of furan rings is 2. The van der Waals surface area contributed by atoms with Gasteiger partial charge in [-0.15, -0.1) is 11.3 Å². The minimum Gasteiger partial charge on any atom is -0.456 e. The van der Waals surface area contributed by atoms with Gasteiger partial charge in [0.1, 0.15) is 22.3 Å². The smallest absolute Gasteiger partial charge is 0.143 e. The third-order valence-electron chi connectivity index (χ3n) is 11.5. The Morgan fingerprint density at radius 3 is 1.81 bits per heavy atom. The van der Waals surface area contributed by atoms with E-state index in [0.29, 0.717) is 0 Å². The molecule has 9 aromatic carbocycles. The fraction of sp³-hybridized carbons (Fsp3) is 0. The van der Waals surface area contributed by atoms with Crippen molar-refractivity contribution >= 4 is 92.4 Å². The number of fused-ring (bicyclic) bond motifs is 9. The average Bonchev–Trinajstić information content (AvgIpc) is 3.98. The van der Waals surface area contributed by atoms with Crippen molar-refractivity contribution in [3.05, 3.63) is 200 Å². The molecule has 0 fully saturated rings. The summed E-state index contributed by atoms with van der Waals surface area (Å²) in [4.78, 5) is 2.40. The summed E-state index contributed by atoms with van der Waals surface area (Å²) in [6.07, 6.45) is 0. The predicted octanol–water partition coefficient (Wildman–Crippen LogP) is 16.3. The lowest BCUT2D eigenvalue weighted by Crippen LogP contribution is -2.10. The molecule has 4 heteroatoms. The molecule has 0 saturated heterocycles. The minimum atomic E-state index is 0.853. The molecule has 0 bridgehead atoms. The Morgan fingerprint density at radius 1 is 0.362 bits per heavy atom. The summed E-state index contributed by atoms with van der Waals surface area (Å²) in [6.45, 7) is 0. The zero-order chi connectivity index (χ0) is 38.2. The van der Waals surface area contributed by atoms with Crippen LogP contribution < -0.4 is 4.90 Å². The van der Waals surface area contributed by atoms with Crippen LogP contribution in [0.25, 0.3) is 97.4 Å². The third kappa shape index (κ3) is 5.19. The predicted molar refractivity (Wildman–Crippen MR) is 245 cm³/mol. The zero-order valence-electron chi connectivity index (χ0n) is 31.2. The van der Waals surface area contributed by atoms with Crippen molar-refractivity contribution in [2.24, 2.45) is 0 Å². The van der Waals surface area contributed by atoms with E-state index in [1.807, 2.05) is 29.5 Å². The Morgan fingerprint density at radius 2 is 1.00 bits per heavy atom. The van der Waals surface area contributed by atoms with E-state index in [1.54, 1.807) is 0 Å². The highest BCUT2D eigenvalue weighted by Gasteiger charge is 2.24. The van der Waals surface area contributed by atoms with Crippen LogP contribution in [0.1, 0.15) is 0 Å². The fourth-order valence-electron chi connectivity index (χ4n) is 8.75. The van der Waals surface area contributed by atoms with Crippen LogP contribution in [0.15, 0.2) is 209 Å². The number of hydrogen-bond donors (Lipinski definition) is 0. The summed E-state index contributed by atoms with van der Waals surface area (Å²) in [7, 11) is 0. The van der Waals surface area contributed by atoms with Gasteiger partial charge in [-0.3, -0.25) is 0 Å². The first-order chi connectivity index (χ1) is 28.7. The molecule has 0 saturated carbocycles. The highest BCUT2D eigenvalue weighted by molar-refractivity contribution is 7.26. The largest absolute Gasteiger partial charge is 0.456 e. The second kappa shape index (κ2) is 13.1. The molecule has 3 heterocycles. The van der Waals surface area contributed by atoms with E-state index in [-0.39, 0.29) is 0 Å². The summed E-state index contributed by atoms with van der Waals surface area (Å²) in [6, 6.07) is 71.4. The van der Waals surface area contributed by atoms with Crippen LogP contribution in [0.4, 0.5) is 17.1 Å². The number of anilines is 3. The molecule has 58 heavy (non-hydrogen) atoms. The standard InChI is InChI=1S/C54H33NO2S/c1-4-13-34(14-5-1)37-23-26-45-51(31-37)58-54-41(36-17-8-3-9-18-36)28-29-47(52(45)54)55(39-24-27-43-42-19-10-11-22-48(42)56-50(43)33-39)38-25-30-49-46(32-38)44-21-12-20-40(53(44)57-49)35-15-6-2-7-16-35/h1-33H. The van der Waals surface area contributed by atoms with Crippen molar-refractivity contribution in [1.82, 2.24) is 0 Å². The molecule has 0 unspecified atom stereocenters. The van der Waals surface area contributed by atoms with Gasteiger partial charge in [0, 0.05) is 64.7 Å². The van der Waals surface area contributed by atoms with E-state index in [0.717, 1.165) is 72.1 Å². The van der Waals surface area contributed by atoms with Crippen LogP contribution >= 0.6 is 11.3 Å². The van der Waals surface area contributed by atoms with E-state index in [9.17, 15) is 0 Å². The molecule has 0 amide bonds. The van der Waals surface area contributed by atoms with Crippen molar-refractivity contribution in [2.75, 3.05) is 4.90 Å². The molecular weight excluding hydrogens is 727 g/mol. The lowest BCUT2D eigenvalue weighted by molar-refractivity contribution is 0.668. The van der Waals surface area contributed by atoms with E-state index in [1.165, 1.54) is 42.4 Å². The fourth-order valence-corrected chi connectivity index (χ4v) is 10.1.